The summed E-state index contributed by atoms with van der Waals surface area (Å²) < 4.78 is 1.83. The zero-order chi connectivity index (χ0) is 10.9. The molecule has 1 saturated carbocycles. The molecule has 0 aromatic carbocycles. The van der Waals surface area contributed by atoms with E-state index in [4.69, 9.17) is 11.5 Å². The van der Waals surface area contributed by atoms with E-state index >= 15 is 0 Å². The Balaban J connectivity index is 1.99. The number of rotatable bonds is 2. The molecular formula is C11H20N4. The van der Waals surface area contributed by atoms with Crippen molar-refractivity contribution in [1.82, 2.24) is 9.78 Å². The lowest BCUT2D eigenvalue weighted by molar-refractivity contribution is 0.271. The Bertz CT molecular complexity index is 323. The number of aromatic nitrogens is 2. The van der Waals surface area contributed by atoms with Crippen molar-refractivity contribution in [2.24, 2.45) is 18.5 Å². The van der Waals surface area contributed by atoms with E-state index in [9.17, 15) is 0 Å². The fraction of sp³-hybridized carbons (Fsp3) is 0.727. The summed E-state index contributed by atoms with van der Waals surface area (Å²) in [5.41, 5.74) is 13.4. The first-order valence-corrected chi connectivity index (χ1v) is 5.59. The lowest BCUT2D eigenvalue weighted by Gasteiger charge is -2.35. The van der Waals surface area contributed by atoms with Gasteiger partial charge in [0.05, 0.1) is 6.20 Å². The summed E-state index contributed by atoms with van der Waals surface area (Å²) in [4.78, 5) is 0. The van der Waals surface area contributed by atoms with Crippen molar-refractivity contribution >= 4 is 0 Å². The molecule has 1 fully saturated rings. The van der Waals surface area contributed by atoms with E-state index in [0.29, 0.717) is 6.04 Å². The molecule has 2 rings (SSSR count). The lowest BCUT2D eigenvalue weighted by atomic mass is 9.77. The van der Waals surface area contributed by atoms with Crippen molar-refractivity contribution in [1.29, 1.82) is 0 Å². The second-order valence-electron chi connectivity index (χ2n) is 4.90. The molecule has 1 aromatic heterocycles. The number of aryl methyl sites for hydroxylation is 1. The van der Waals surface area contributed by atoms with E-state index in [1.54, 1.807) is 0 Å². The number of hydrogen-bond donors (Lipinski definition) is 2. The fourth-order valence-corrected chi connectivity index (χ4v) is 2.36. The minimum absolute atomic E-state index is 0.0566. The van der Waals surface area contributed by atoms with Gasteiger partial charge in [-0.15, -0.1) is 0 Å². The van der Waals surface area contributed by atoms with Crippen LogP contribution in [0.3, 0.4) is 0 Å². The van der Waals surface area contributed by atoms with Gasteiger partial charge in [-0.1, -0.05) is 0 Å². The second-order valence-corrected chi connectivity index (χ2v) is 4.90. The second kappa shape index (κ2) is 3.94. The molecule has 4 N–H and O–H groups in total. The minimum Gasteiger partial charge on any atom is -0.328 e. The quantitative estimate of drug-likeness (QED) is 0.746. The van der Waals surface area contributed by atoms with E-state index in [2.05, 4.69) is 5.10 Å². The van der Waals surface area contributed by atoms with Gasteiger partial charge < -0.3 is 11.5 Å². The number of nitrogens with zero attached hydrogens (tertiary/aromatic N) is 2. The summed E-state index contributed by atoms with van der Waals surface area (Å²) in [5.74, 6) is 0. The summed E-state index contributed by atoms with van der Waals surface area (Å²) >= 11 is 0. The van der Waals surface area contributed by atoms with Crippen LogP contribution >= 0.6 is 0 Å². The first-order chi connectivity index (χ1) is 7.07. The largest absolute Gasteiger partial charge is 0.328 e. The van der Waals surface area contributed by atoms with E-state index in [1.165, 1.54) is 5.56 Å². The average Bonchev–Trinajstić information content (AvgIpc) is 2.57. The Morgan fingerprint density at radius 2 is 2.20 bits per heavy atom. The van der Waals surface area contributed by atoms with E-state index in [-0.39, 0.29) is 5.54 Å². The van der Waals surface area contributed by atoms with Gasteiger partial charge in [0.25, 0.3) is 0 Å². The highest BCUT2D eigenvalue weighted by Gasteiger charge is 2.30. The van der Waals surface area contributed by atoms with Gasteiger partial charge >= 0.3 is 0 Å². The normalized spacial score (nSPS) is 31.8. The van der Waals surface area contributed by atoms with Crippen molar-refractivity contribution in [2.45, 2.75) is 43.7 Å². The highest BCUT2D eigenvalue weighted by molar-refractivity contribution is 5.10. The predicted octanol–water partition coefficient (Wildman–Crippen LogP) is 0.561. The maximum absolute atomic E-state index is 6.37. The summed E-state index contributed by atoms with van der Waals surface area (Å²) in [6.07, 6.45) is 9.04. The van der Waals surface area contributed by atoms with Crippen LogP contribution in [-0.2, 0) is 13.5 Å². The van der Waals surface area contributed by atoms with Crippen LogP contribution < -0.4 is 11.5 Å². The van der Waals surface area contributed by atoms with Crippen molar-refractivity contribution in [3.63, 3.8) is 0 Å². The molecule has 15 heavy (non-hydrogen) atoms. The summed E-state index contributed by atoms with van der Waals surface area (Å²) in [7, 11) is 1.93. The van der Waals surface area contributed by atoms with Gasteiger partial charge in [0, 0.05) is 24.8 Å². The third kappa shape index (κ3) is 2.58. The van der Waals surface area contributed by atoms with Crippen LogP contribution in [-0.4, -0.2) is 21.4 Å². The molecule has 1 aliphatic carbocycles. The third-order valence-corrected chi connectivity index (χ3v) is 3.34. The van der Waals surface area contributed by atoms with E-state index < -0.39 is 0 Å². The van der Waals surface area contributed by atoms with Gasteiger partial charge in [-0.05, 0) is 37.7 Å². The SMILES string of the molecule is Cn1cc(CC2(N)CCC(N)CC2)cn1. The van der Waals surface area contributed by atoms with Crippen LogP contribution in [0.1, 0.15) is 31.2 Å². The van der Waals surface area contributed by atoms with Crippen molar-refractivity contribution in [3.8, 4) is 0 Å². The highest BCUT2D eigenvalue weighted by Crippen LogP contribution is 2.28. The zero-order valence-electron chi connectivity index (χ0n) is 9.32. The molecule has 0 atom stereocenters. The molecule has 0 radical (unpaired) electrons. The molecule has 1 heterocycles. The predicted molar refractivity (Wildman–Crippen MR) is 60.3 cm³/mol. The number of hydrogen-bond acceptors (Lipinski definition) is 3. The lowest BCUT2D eigenvalue weighted by Crippen LogP contribution is -2.47. The van der Waals surface area contributed by atoms with Gasteiger partial charge in [0.15, 0.2) is 0 Å². The summed E-state index contributed by atoms with van der Waals surface area (Å²) in [5, 5.41) is 4.16. The van der Waals surface area contributed by atoms with Gasteiger partial charge in [-0.3, -0.25) is 4.68 Å². The topological polar surface area (TPSA) is 69.9 Å². The number of nitrogens with two attached hydrogens (primary N) is 2. The summed E-state index contributed by atoms with van der Waals surface area (Å²) in [6, 6.07) is 0.357. The van der Waals surface area contributed by atoms with Gasteiger partial charge in [0.2, 0.25) is 0 Å². The van der Waals surface area contributed by atoms with Crippen LogP contribution in [0.5, 0.6) is 0 Å². The van der Waals surface area contributed by atoms with Crippen LogP contribution in [0.15, 0.2) is 12.4 Å². The first kappa shape index (κ1) is 10.6. The molecule has 4 heteroatoms. The molecule has 0 saturated heterocycles. The molecular weight excluding hydrogens is 188 g/mol. The highest BCUT2D eigenvalue weighted by atomic mass is 15.2. The Labute approximate surface area is 90.6 Å². The molecule has 0 amide bonds. The molecule has 0 spiro atoms. The molecule has 0 aliphatic heterocycles. The zero-order valence-corrected chi connectivity index (χ0v) is 9.32. The minimum atomic E-state index is -0.0566. The molecule has 84 valence electrons. The van der Waals surface area contributed by atoms with Crippen molar-refractivity contribution < 1.29 is 0 Å². The smallest absolute Gasteiger partial charge is 0.0522 e. The fourth-order valence-electron chi connectivity index (χ4n) is 2.36. The van der Waals surface area contributed by atoms with E-state index in [1.807, 2.05) is 24.1 Å². The molecule has 4 nitrogen and oxygen atoms in total. The molecule has 0 bridgehead atoms. The Kier molecular flexibility index (Phi) is 2.80. The molecule has 1 aromatic rings. The van der Waals surface area contributed by atoms with Crippen LogP contribution in [0, 0.1) is 0 Å². The van der Waals surface area contributed by atoms with Gasteiger partial charge in [-0.2, -0.15) is 5.10 Å². The van der Waals surface area contributed by atoms with Gasteiger partial charge in [-0.25, -0.2) is 0 Å². The van der Waals surface area contributed by atoms with Gasteiger partial charge in [0.1, 0.15) is 0 Å². The van der Waals surface area contributed by atoms with Crippen LogP contribution in [0.4, 0.5) is 0 Å². The van der Waals surface area contributed by atoms with E-state index in [0.717, 1.165) is 32.1 Å². The molecule has 0 unspecified atom stereocenters. The Hall–Kier alpha value is -0.870. The van der Waals surface area contributed by atoms with Crippen molar-refractivity contribution in [2.75, 3.05) is 0 Å². The standard InChI is InChI=1S/C11H20N4/c1-15-8-9(7-14-15)6-11(13)4-2-10(12)3-5-11/h7-8,10H,2-6,12-13H2,1H3. The first-order valence-electron chi connectivity index (χ1n) is 5.59. The maximum Gasteiger partial charge on any atom is 0.0522 e. The Morgan fingerprint density at radius 3 is 2.73 bits per heavy atom. The summed E-state index contributed by atoms with van der Waals surface area (Å²) in [6.45, 7) is 0. The third-order valence-electron chi connectivity index (χ3n) is 3.34. The Morgan fingerprint density at radius 1 is 1.53 bits per heavy atom. The van der Waals surface area contributed by atoms with Crippen molar-refractivity contribution in [3.05, 3.63) is 18.0 Å². The average molecular weight is 208 g/mol. The van der Waals surface area contributed by atoms with Crippen LogP contribution in [0.2, 0.25) is 0 Å². The monoisotopic (exact) mass is 208 g/mol. The van der Waals surface area contributed by atoms with Crippen LogP contribution in [0.25, 0.3) is 0 Å². The molecule has 1 aliphatic rings. The maximum atomic E-state index is 6.37.